The van der Waals surface area contributed by atoms with Crippen molar-refractivity contribution in [2.75, 3.05) is 26.7 Å². The molecule has 6 nitrogen and oxygen atoms in total. The van der Waals surface area contributed by atoms with Crippen LogP contribution in [0.3, 0.4) is 0 Å². The maximum atomic E-state index is 12.7. The first kappa shape index (κ1) is 13.7. The third kappa shape index (κ3) is 2.06. The molecule has 0 aromatic carbocycles. The summed E-state index contributed by atoms with van der Waals surface area (Å²) in [5.74, 6) is 0.736. The first-order chi connectivity index (χ1) is 9.58. The second-order valence-electron chi connectivity index (χ2n) is 6.56. The second kappa shape index (κ2) is 4.91. The molecule has 0 spiro atoms. The van der Waals surface area contributed by atoms with Crippen molar-refractivity contribution in [1.29, 1.82) is 0 Å². The monoisotopic (exact) mass is 280 g/mol. The van der Waals surface area contributed by atoms with Gasteiger partial charge in [0.25, 0.3) is 0 Å². The van der Waals surface area contributed by atoms with Crippen LogP contribution >= 0.6 is 0 Å². The van der Waals surface area contributed by atoms with Crippen molar-refractivity contribution in [2.24, 2.45) is 22.2 Å². The number of nitrogens with zero attached hydrogens (tertiary/aromatic N) is 3. The minimum absolute atomic E-state index is 0.0690. The molecule has 3 N–H and O–H groups in total. The summed E-state index contributed by atoms with van der Waals surface area (Å²) < 4.78 is 0. The predicted octanol–water partition coefficient (Wildman–Crippen LogP) is 0.456. The summed E-state index contributed by atoms with van der Waals surface area (Å²) in [4.78, 5) is 17.1. The van der Waals surface area contributed by atoms with E-state index in [1.807, 2.05) is 4.90 Å². The molecule has 20 heavy (non-hydrogen) atoms. The summed E-state index contributed by atoms with van der Waals surface area (Å²) in [6.07, 6.45) is 4.89. The summed E-state index contributed by atoms with van der Waals surface area (Å²) in [6.45, 7) is 2.79. The molecule has 2 heterocycles. The number of carbonyl (C=O) groups is 1. The van der Waals surface area contributed by atoms with Crippen LogP contribution in [-0.4, -0.2) is 59.5 Å². The van der Waals surface area contributed by atoms with Gasteiger partial charge in [-0.05, 0) is 51.6 Å². The van der Waals surface area contributed by atoms with Crippen molar-refractivity contribution in [3.8, 4) is 0 Å². The number of carbonyl (C=O) groups excluding carboxylic acids is 1. The Kier molecular flexibility index (Phi) is 3.36. The standard InChI is InChI=1S/C14H24N4O2/c1-17-7-2-3-10-9-18(8-4-11(10)17)13(19)14(5-6-14)12(15)16-20/h10-11,20H,2-9H2,1H3,(H2,15,16). The molecule has 0 bridgehead atoms. The Labute approximate surface area is 119 Å². The molecular formula is C14H24N4O2. The molecule has 1 amide bonds. The number of oxime groups is 1. The lowest BCUT2D eigenvalue weighted by Crippen LogP contribution is -2.56. The fourth-order valence-corrected chi connectivity index (χ4v) is 3.94. The van der Waals surface area contributed by atoms with Gasteiger partial charge in [-0.15, -0.1) is 0 Å². The van der Waals surface area contributed by atoms with Crippen molar-refractivity contribution in [1.82, 2.24) is 9.80 Å². The van der Waals surface area contributed by atoms with Crippen LogP contribution < -0.4 is 5.73 Å². The van der Waals surface area contributed by atoms with Crippen LogP contribution in [0.15, 0.2) is 5.16 Å². The fourth-order valence-electron chi connectivity index (χ4n) is 3.94. The van der Waals surface area contributed by atoms with Gasteiger partial charge < -0.3 is 20.7 Å². The first-order valence-corrected chi connectivity index (χ1v) is 7.56. The molecule has 0 aromatic heterocycles. The second-order valence-corrected chi connectivity index (χ2v) is 6.56. The predicted molar refractivity (Wildman–Crippen MR) is 75.4 cm³/mol. The Hall–Kier alpha value is -1.30. The van der Waals surface area contributed by atoms with Crippen LogP contribution in [0.2, 0.25) is 0 Å². The quantitative estimate of drug-likeness (QED) is 0.333. The molecule has 2 atom stereocenters. The normalized spacial score (nSPS) is 33.6. The molecule has 2 unspecified atom stereocenters. The number of likely N-dealkylation sites (tertiary alicyclic amines) is 2. The molecule has 1 aliphatic carbocycles. The number of fused-ring (bicyclic) bond motifs is 1. The van der Waals surface area contributed by atoms with Gasteiger partial charge >= 0.3 is 0 Å². The van der Waals surface area contributed by atoms with Crippen LogP contribution in [0.4, 0.5) is 0 Å². The van der Waals surface area contributed by atoms with Gasteiger partial charge in [0, 0.05) is 19.1 Å². The van der Waals surface area contributed by atoms with Gasteiger partial charge in [0.15, 0.2) is 5.84 Å². The largest absolute Gasteiger partial charge is 0.409 e. The van der Waals surface area contributed by atoms with E-state index in [0.717, 1.165) is 19.5 Å². The summed E-state index contributed by atoms with van der Waals surface area (Å²) in [7, 11) is 2.19. The zero-order valence-corrected chi connectivity index (χ0v) is 12.1. The Morgan fingerprint density at radius 1 is 1.35 bits per heavy atom. The maximum Gasteiger partial charge on any atom is 0.236 e. The third-order valence-electron chi connectivity index (χ3n) is 5.39. The van der Waals surface area contributed by atoms with E-state index in [9.17, 15) is 4.79 Å². The molecule has 3 fully saturated rings. The average Bonchev–Trinajstić information content (AvgIpc) is 3.27. The summed E-state index contributed by atoms with van der Waals surface area (Å²) in [5.41, 5.74) is 5.03. The molecular weight excluding hydrogens is 256 g/mol. The van der Waals surface area contributed by atoms with E-state index in [2.05, 4.69) is 17.1 Å². The highest BCUT2D eigenvalue weighted by Crippen LogP contribution is 2.48. The molecule has 6 heteroatoms. The van der Waals surface area contributed by atoms with Crippen LogP contribution in [0.25, 0.3) is 0 Å². The van der Waals surface area contributed by atoms with Crippen LogP contribution in [0.5, 0.6) is 0 Å². The zero-order chi connectivity index (χ0) is 14.3. The third-order valence-corrected chi connectivity index (χ3v) is 5.39. The van der Waals surface area contributed by atoms with Gasteiger partial charge in [-0.3, -0.25) is 4.79 Å². The van der Waals surface area contributed by atoms with E-state index in [1.54, 1.807) is 0 Å². The molecule has 1 saturated carbocycles. The average molecular weight is 280 g/mol. The van der Waals surface area contributed by atoms with E-state index in [-0.39, 0.29) is 11.7 Å². The molecule has 2 aliphatic heterocycles. The lowest BCUT2D eigenvalue weighted by Gasteiger charge is -2.46. The summed E-state index contributed by atoms with van der Waals surface area (Å²) >= 11 is 0. The molecule has 2 saturated heterocycles. The maximum absolute atomic E-state index is 12.7. The van der Waals surface area contributed by atoms with Gasteiger partial charge in [0.1, 0.15) is 5.41 Å². The van der Waals surface area contributed by atoms with E-state index in [4.69, 9.17) is 10.9 Å². The molecule has 3 rings (SSSR count). The topological polar surface area (TPSA) is 82.2 Å². The minimum atomic E-state index is -0.692. The minimum Gasteiger partial charge on any atom is -0.409 e. The first-order valence-electron chi connectivity index (χ1n) is 7.56. The van der Waals surface area contributed by atoms with Crippen LogP contribution in [0.1, 0.15) is 32.1 Å². The number of nitrogens with two attached hydrogens (primary N) is 1. The Morgan fingerprint density at radius 2 is 2.10 bits per heavy atom. The van der Waals surface area contributed by atoms with Gasteiger partial charge in [-0.25, -0.2) is 0 Å². The highest BCUT2D eigenvalue weighted by molar-refractivity contribution is 6.09. The SMILES string of the molecule is CN1CCCC2CN(C(=O)C3(C(N)=NO)CC3)CCC21. The lowest BCUT2D eigenvalue weighted by atomic mass is 9.83. The number of amidine groups is 1. The summed E-state index contributed by atoms with van der Waals surface area (Å²) in [6, 6.07) is 0.617. The Morgan fingerprint density at radius 3 is 2.75 bits per heavy atom. The highest BCUT2D eigenvalue weighted by Gasteiger charge is 2.56. The van der Waals surface area contributed by atoms with E-state index >= 15 is 0 Å². The number of hydrogen-bond acceptors (Lipinski definition) is 4. The molecule has 3 aliphatic rings. The van der Waals surface area contributed by atoms with Crippen LogP contribution in [-0.2, 0) is 4.79 Å². The lowest BCUT2D eigenvalue weighted by molar-refractivity contribution is -0.138. The van der Waals surface area contributed by atoms with Gasteiger partial charge in [-0.2, -0.15) is 0 Å². The van der Waals surface area contributed by atoms with Gasteiger partial charge in [-0.1, -0.05) is 5.16 Å². The van der Waals surface area contributed by atoms with Crippen molar-refractivity contribution in [2.45, 2.75) is 38.1 Å². The van der Waals surface area contributed by atoms with E-state index in [0.29, 0.717) is 24.8 Å². The number of hydrogen-bond donors (Lipinski definition) is 2. The smallest absolute Gasteiger partial charge is 0.236 e. The van der Waals surface area contributed by atoms with Crippen LogP contribution in [0, 0.1) is 11.3 Å². The number of amides is 1. The number of rotatable bonds is 2. The van der Waals surface area contributed by atoms with E-state index < -0.39 is 5.41 Å². The molecule has 0 radical (unpaired) electrons. The van der Waals surface area contributed by atoms with Crippen molar-refractivity contribution in [3.63, 3.8) is 0 Å². The Bertz CT molecular complexity index is 433. The molecule has 0 aromatic rings. The van der Waals surface area contributed by atoms with Crippen molar-refractivity contribution < 1.29 is 10.0 Å². The van der Waals surface area contributed by atoms with Crippen molar-refractivity contribution >= 4 is 11.7 Å². The summed E-state index contributed by atoms with van der Waals surface area (Å²) in [5, 5.41) is 11.9. The van der Waals surface area contributed by atoms with Gasteiger partial charge in [0.2, 0.25) is 5.91 Å². The fraction of sp³-hybridized carbons (Fsp3) is 0.857. The van der Waals surface area contributed by atoms with Crippen molar-refractivity contribution in [3.05, 3.63) is 0 Å². The highest BCUT2D eigenvalue weighted by atomic mass is 16.4. The zero-order valence-electron chi connectivity index (χ0n) is 12.1. The number of piperidine rings is 2. The Balaban J connectivity index is 1.69. The van der Waals surface area contributed by atoms with Gasteiger partial charge in [0.05, 0.1) is 0 Å². The van der Waals surface area contributed by atoms with E-state index in [1.165, 1.54) is 19.4 Å². The molecule has 112 valence electrons.